The fraction of sp³-hybridized carbons (Fsp3) is 0.353. The number of thioether (sulfide) groups is 2. The second kappa shape index (κ2) is 7.19. The summed E-state index contributed by atoms with van der Waals surface area (Å²) in [7, 11) is 0. The van der Waals surface area contributed by atoms with Crippen molar-refractivity contribution < 1.29 is 24.4 Å². The van der Waals surface area contributed by atoms with Crippen LogP contribution in [-0.4, -0.2) is 55.8 Å². The first-order chi connectivity index (χ1) is 13.0. The van der Waals surface area contributed by atoms with E-state index in [1.54, 1.807) is 11.8 Å². The molecular formula is C17H18N4O4S2. The Morgan fingerprint density at radius 1 is 1.48 bits per heavy atom. The Balaban J connectivity index is 1.62. The fourth-order valence-corrected chi connectivity index (χ4v) is 5.40. The summed E-state index contributed by atoms with van der Waals surface area (Å²) in [6, 6.07) is 3.30. The van der Waals surface area contributed by atoms with Crippen molar-refractivity contribution in [2.45, 2.75) is 23.0 Å². The van der Waals surface area contributed by atoms with Gasteiger partial charge in [0.05, 0.1) is 29.5 Å². The van der Waals surface area contributed by atoms with Gasteiger partial charge in [-0.2, -0.15) is 4.57 Å². The quantitative estimate of drug-likeness (QED) is 0.343. The number of hydrogen-bond donors (Lipinski definition) is 2. The van der Waals surface area contributed by atoms with Crippen molar-refractivity contribution in [1.82, 2.24) is 9.30 Å². The lowest BCUT2D eigenvalue weighted by molar-refractivity contribution is -0.688. The highest BCUT2D eigenvalue weighted by atomic mass is 32.2. The van der Waals surface area contributed by atoms with E-state index in [4.69, 9.17) is 10.8 Å². The standard InChI is InChI=1S/C17H18N4O4S2/c18-13-15(23)21-14(17(24)25)10(9-27-16(13)21)7-19-3-4-20-11(8-19)1-2-12(20)26-6-5-22/h1-4,8,13,16,22H,5-7,9,18H2/t13?,16-/m1/s1. The maximum absolute atomic E-state index is 12.0. The number of amides is 1. The van der Waals surface area contributed by atoms with Crippen LogP contribution in [-0.2, 0) is 16.1 Å². The molecule has 1 fully saturated rings. The Kier molecular flexibility index (Phi) is 4.89. The van der Waals surface area contributed by atoms with Gasteiger partial charge in [-0.05, 0) is 12.1 Å². The van der Waals surface area contributed by atoms with Crippen LogP contribution in [0.2, 0.25) is 0 Å². The Morgan fingerprint density at radius 2 is 2.30 bits per heavy atom. The number of aliphatic hydroxyl groups excluding tert-OH is 1. The van der Waals surface area contributed by atoms with E-state index in [2.05, 4.69) is 0 Å². The number of rotatable bonds is 6. The van der Waals surface area contributed by atoms with Gasteiger partial charge in [0.15, 0.2) is 18.9 Å². The number of carbonyl (C=O) groups is 2. The molecule has 2 atom stereocenters. The summed E-state index contributed by atoms with van der Waals surface area (Å²) < 4.78 is 3.90. The minimum atomic E-state index is -1.34. The molecule has 0 aromatic carbocycles. The number of carboxylic acid groups (broad SMARTS) is 1. The van der Waals surface area contributed by atoms with E-state index in [-0.39, 0.29) is 23.6 Å². The number of aromatic nitrogens is 2. The second-order valence-electron chi connectivity index (χ2n) is 6.31. The Labute approximate surface area is 163 Å². The maximum atomic E-state index is 12.0. The summed E-state index contributed by atoms with van der Waals surface area (Å²) >= 11 is 3.04. The van der Waals surface area contributed by atoms with Crippen molar-refractivity contribution in [2.75, 3.05) is 18.1 Å². The molecule has 0 radical (unpaired) electrons. The molecule has 0 saturated carbocycles. The molecule has 27 heavy (non-hydrogen) atoms. The van der Waals surface area contributed by atoms with E-state index >= 15 is 0 Å². The van der Waals surface area contributed by atoms with Gasteiger partial charge < -0.3 is 25.1 Å². The van der Waals surface area contributed by atoms with Crippen molar-refractivity contribution in [3.63, 3.8) is 0 Å². The number of nitrogens with zero attached hydrogens (tertiary/aromatic N) is 3. The van der Waals surface area contributed by atoms with Crippen molar-refractivity contribution in [3.05, 3.63) is 42.0 Å². The normalized spacial score (nSPS) is 22.1. The molecule has 4 rings (SSSR count). The van der Waals surface area contributed by atoms with Crippen LogP contribution in [0, 0.1) is 0 Å². The van der Waals surface area contributed by atoms with Gasteiger partial charge in [-0.25, -0.2) is 0 Å². The molecule has 0 aliphatic carbocycles. The number of carbonyl (C=O) groups excluding carboxylic acids is 2. The monoisotopic (exact) mass is 406 g/mol. The molecular weight excluding hydrogens is 388 g/mol. The molecule has 1 saturated heterocycles. The lowest BCUT2D eigenvalue weighted by atomic mass is 10.0. The zero-order valence-electron chi connectivity index (χ0n) is 14.3. The van der Waals surface area contributed by atoms with Crippen LogP contribution in [0.4, 0.5) is 0 Å². The second-order valence-corrected chi connectivity index (χ2v) is 8.53. The first-order valence-corrected chi connectivity index (χ1v) is 10.4. The van der Waals surface area contributed by atoms with Gasteiger partial charge in [0, 0.05) is 17.1 Å². The highest BCUT2D eigenvalue weighted by Crippen LogP contribution is 2.39. The molecule has 1 unspecified atom stereocenters. The number of β-lactam (4-membered cyclic amide) rings is 1. The van der Waals surface area contributed by atoms with Crippen LogP contribution in [0.5, 0.6) is 0 Å². The highest BCUT2D eigenvalue weighted by molar-refractivity contribution is 8.00. The molecule has 0 bridgehead atoms. The van der Waals surface area contributed by atoms with Crippen molar-refractivity contribution >= 4 is 40.9 Å². The topological polar surface area (TPSA) is 115 Å². The number of carboxylic acids is 1. The van der Waals surface area contributed by atoms with Crippen LogP contribution >= 0.6 is 23.5 Å². The van der Waals surface area contributed by atoms with Gasteiger partial charge in [0.2, 0.25) is 5.91 Å². The van der Waals surface area contributed by atoms with Gasteiger partial charge in [-0.3, -0.25) is 9.69 Å². The molecule has 10 heteroatoms. The first-order valence-electron chi connectivity index (χ1n) is 8.38. The zero-order chi connectivity index (χ0) is 19.1. The molecule has 0 spiro atoms. The van der Waals surface area contributed by atoms with Gasteiger partial charge in [0.25, 0.3) is 0 Å². The average Bonchev–Trinajstić information content (AvgIpc) is 3.07. The first kappa shape index (κ1) is 18.4. The fourth-order valence-electron chi connectivity index (χ4n) is 3.35. The molecule has 2 aliphatic rings. The maximum Gasteiger partial charge on any atom is 0.248 e. The summed E-state index contributed by atoms with van der Waals surface area (Å²) in [5.41, 5.74) is 7.30. The van der Waals surface area contributed by atoms with Crippen LogP contribution in [0.15, 0.2) is 47.0 Å². The summed E-state index contributed by atoms with van der Waals surface area (Å²) in [5, 5.41) is 21.4. The molecule has 2 aromatic rings. The molecule has 2 aliphatic heterocycles. The third kappa shape index (κ3) is 3.12. The molecule has 3 N–H and O–H groups in total. The lowest BCUT2D eigenvalue weighted by Gasteiger charge is -2.49. The van der Waals surface area contributed by atoms with Crippen molar-refractivity contribution in [1.29, 1.82) is 0 Å². The predicted molar refractivity (Wildman–Crippen MR) is 98.5 cm³/mol. The number of nitrogens with two attached hydrogens (primary N) is 1. The third-order valence-electron chi connectivity index (χ3n) is 4.61. The Morgan fingerprint density at radius 3 is 3.04 bits per heavy atom. The van der Waals surface area contributed by atoms with Gasteiger partial charge in [0.1, 0.15) is 16.9 Å². The van der Waals surface area contributed by atoms with Crippen molar-refractivity contribution in [2.24, 2.45) is 5.73 Å². The summed E-state index contributed by atoms with van der Waals surface area (Å²) in [5.74, 6) is -0.612. The lowest BCUT2D eigenvalue weighted by Crippen LogP contribution is -2.69. The Hall–Kier alpha value is -2.01. The van der Waals surface area contributed by atoms with Crippen molar-refractivity contribution in [3.8, 4) is 0 Å². The zero-order valence-corrected chi connectivity index (χ0v) is 15.9. The van der Waals surface area contributed by atoms with Crippen LogP contribution < -0.4 is 15.4 Å². The summed E-state index contributed by atoms with van der Waals surface area (Å²) in [4.78, 5) is 24.9. The number of hydrogen-bond acceptors (Lipinski definition) is 7. The predicted octanol–water partition coefficient (Wildman–Crippen LogP) is -1.44. The average molecular weight is 406 g/mol. The highest BCUT2D eigenvalue weighted by Gasteiger charge is 2.50. The Bertz CT molecular complexity index is 958. The van der Waals surface area contributed by atoms with Crippen LogP contribution in [0.25, 0.3) is 5.52 Å². The van der Waals surface area contributed by atoms with E-state index < -0.39 is 12.0 Å². The molecule has 4 heterocycles. The molecule has 2 aromatic heterocycles. The van der Waals surface area contributed by atoms with Crippen LogP contribution in [0.1, 0.15) is 0 Å². The van der Waals surface area contributed by atoms with E-state index in [0.29, 0.717) is 23.6 Å². The van der Waals surface area contributed by atoms with E-state index in [1.807, 2.05) is 39.7 Å². The minimum Gasteiger partial charge on any atom is -0.543 e. The summed E-state index contributed by atoms with van der Waals surface area (Å²) in [6.07, 6.45) is 5.68. The SMILES string of the molecule is NC1C(=O)N2C(C(=O)[O-])=C(C[n+]3ccn4c(SCCO)ccc4c3)CS[C@H]12. The molecule has 8 nitrogen and oxygen atoms in total. The minimum absolute atomic E-state index is 0.0487. The van der Waals surface area contributed by atoms with Gasteiger partial charge in [-0.15, -0.1) is 23.5 Å². The van der Waals surface area contributed by atoms with Gasteiger partial charge in [-0.1, -0.05) is 0 Å². The number of aliphatic carboxylic acids is 1. The largest absolute Gasteiger partial charge is 0.543 e. The number of aliphatic hydroxyl groups is 1. The molecule has 142 valence electrons. The van der Waals surface area contributed by atoms with E-state index in [9.17, 15) is 14.7 Å². The van der Waals surface area contributed by atoms with E-state index in [0.717, 1.165) is 10.5 Å². The summed E-state index contributed by atoms with van der Waals surface area (Å²) in [6.45, 7) is 0.464. The van der Waals surface area contributed by atoms with Crippen LogP contribution in [0.3, 0.4) is 0 Å². The third-order valence-corrected chi connectivity index (χ3v) is 6.99. The molecule has 1 amide bonds. The smallest absolute Gasteiger partial charge is 0.248 e. The van der Waals surface area contributed by atoms with Gasteiger partial charge >= 0.3 is 0 Å². The van der Waals surface area contributed by atoms with E-state index in [1.165, 1.54) is 16.7 Å². The number of fused-ring (bicyclic) bond motifs is 2.